The van der Waals surface area contributed by atoms with E-state index >= 15 is 0 Å². The van der Waals surface area contributed by atoms with E-state index in [0.29, 0.717) is 12.0 Å². The Balaban J connectivity index is 1.42. The van der Waals surface area contributed by atoms with Gasteiger partial charge in [0.25, 0.3) is 0 Å². The Morgan fingerprint density at radius 3 is 2.73 bits per heavy atom. The Morgan fingerprint density at radius 1 is 1.13 bits per heavy atom. The van der Waals surface area contributed by atoms with Gasteiger partial charge in [0.1, 0.15) is 22.8 Å². The van der Waals surface area contributed by atoms with Gasteiger partial charge in [-0.3, -0.25) is 4.90 Å². The summed E-state index contributed by atoms with van der Waals surface area (Å²) in [4.78, 5) is 12.5. The van der Waals surface area contributed by atoms with Crippen molar-refractivity contribution < 1.29 is 13.9 Å². The van der Waals surface area contributed by atoms with Gasteiger partial charge in [-0.15, -0.1) is 11.3 Å². The highest BCUT2D eigenvalue weighted by atomic mass is 32.1. The monoisotopic (exact) mass is 428 g/mol. The van der Waals surface area contributed by atoms with Crippen LogP contribution in [-0.4, -0.2) is 67.0 Å². The van der Waals surface area contributed by atoms with Crippen LogP contribution >= 0.6 is 11.3 Å². The molecule has 0 spiro atoms. The normalized spacial score (nSPS) is 21.2. The Bertz CT molecular complexity index is 984. The number of aromatic nitrogens is 2. The van der Waals surface area contributed by atoms with E-state index < -0.39 is 0 Å². The van der Waals surface area contributed by atoms with E-state index in [-0.39, 0.29) is 5.82 Å². The molecular weight excluding hydrogens is 403 g/mol. The second-order valence-electron chi connectivity index (χ2n) is 7.78. The molecule has 8 heteroatoms. The molecule has 2 aliphatic heterocycles. The van der Waals surface area contributed by atoms with Gasteiger partial charge in [-0.05, 0) is 24.1 Å². The van der Waals surface area contributed by atoms with E-state index in [1.807, 2.05) is 0 Å². The van der Waals surface area contributed by atoms with Gasteiger partial charge < -0.3 is 14.8 Å². The number of nitrogens with zero attached hydrogens (tertiary/aromatic N) is 3. The summed E-state index contributed by atoms with van der Waals surface area (Å²) in [5.74, 6) is 1.10. The van der Waals surface area contributed by atoms with E-state index in [1.54, 1.807) is 29.8 Å². The van der Waals surface area contributed by atoms with E-state index in [4.69, 9.17) is 9.47 Å². The van der Waals surface area contributed by atoms with E-state index in [9.17, 15) is 4.39 Å². The highest BCUT2D eigenvalue weighted by Crippen LogP contribution is 2.36. The molecule has 1 aromatic carbocycles. The fourth-order valence-electron chi connectivity index (χ4n) is 4.41. The lowest BCUT2D eigenvalue weighted by atomic mass is 9.96. The van der Waals surface area contributed by atoms with Crippen molar-refractivity contribution in [2.24, 2.45) is 5.92 Å². The van der Waals surface area contributed by atoms with Crippen LogP contribution < -0.4 is 5.32 Å². The van der Waals surface area contributed by atoms with Crippen LogP contribution in [0, 0.1) is 11.7 Å². The number of halogens is 1. The summed E-state index contributed by atoms with van der Waals surface area (Å²) in [5.41, 5.74) is 2.00. The van der Waals surface area contributed by atoms with Crippen molar-refractivity contribution in [1.82, 2.24) is 14.9 Å². The van der Waals surface area contributed by atoms with Gasteiger partial charge in [-0.1, -0.05) is 12.1 Å². The lowest BCUT2D eigenvalue weighted by Gasteiger charge is -2.37. The lowest BCUT2D eigenvalue weighted by Crippen LogP contribution is -2.50. The Labute approximate surface area is 179 Å². The van der Waals surface area contributed by atoms with Gasteiger partial charge in [-0.25, -0.2) is 14.4 Å². The van der Waals surface area contributed by atoms with Crippen molar-refractivity contribution in [2.75, 3.05) is 51.4 Å². The van der Waals surface area contributed by atoms with Crippen LogP contribution in [0.25, 0.3) is 21.3 Å². The fourth-order valence-corrected chi connectivity index (χ4v) is 5.33. The van der Waals surface area contributed by atoms with Crippen molar-refractivity contribution in [2.45, 2.75) is 12.5 Å². The number of fused-ring (bicyclic) bond motifs is 1. The first-order valence-electron chi connectivity index (χ1n) is 10.4. The highest BCUT2D eigenvalue weighted by Gasteiger charge is 2.31. The molecule has 2 aromatic heterocycles. The third-order valence-corrected chi connectivity index (χ3v) is 6.91. The zero-order valence-electron chi connectivity index (χ0n) is 16.7. The average molecular weight is 429 g/mol. The van der Waals surface area contributed by atoms with Crippen LogP contribution in [0.1, 0.15) is 6.42 Å². The zero-order chi connectivity index (χ0) is 20.3. The summed E-state index contributed by atoms with van der Waals surface area (Å²) in [7, 11) is 0. The molecule has 0 saturated carbocycles. The van der Waals surface area contributed by atoms with Crippen LogP contribution in [0.3, 0.4) is 0 Å². The van der Waals surface area contributed by atoms with Gasteiger partial charge in [-0.2, -0.15) is 0 Å². The van der Waals surface area contributed by atoms with Gasteiger partial charge in [0.05, 0.1) is 25.2 Å². The largest absolute Gasteiger partial charge is 0.381 e. The molecule has 2 saturated heterocycles. The molecule has 6 nitrogen and oxygen atoms in total. The first kappa shape index (κ1) is 19.8. The molecular formula is C22H25FN4O2S. The molecule has 2 aliphatic rings. The molecule has 0 bridgehead atoms. The number of thiophene rings is 1. The second kappa shape index (κ2) is 8.93. The van der Waals surface area contributed by atoms with E-state index in [0.717, 1.165) is 79.6 Å². The zero-order valence-corrected chi connectivity index (χ0v) is 17.5. The number of hydrogen-bond donors (Lipinski definition) is 1. The maximum atomic E-state index is 13.4. The third kappa shape index (κ3) is 4.05. The molecule has 2 atom stereocenters. The molecule has 4 heterocycles. The molecule has 158 valence electrons. The van der Waals surface area contributed by atoms with Gasteiger partial charge in [0.15, 0.2) is 0 Å². The van der Waals surface area contributed by atoms with E-state index in [2.05, 4.69) is 25.6 Å². The van der Waals surface area contributed by atoms with Crippen LogP contribution in [-0.2, 0) is 9.47 Å². The van der Waals surface area contributed by atoms with Gasteiger partial charge >= 0.3 is 0 Å². The first-order valence-corrected chi connectivity index (χ1v) is 11.3. The van der Waals surface area contributed by atoms with Crippen molar-refractivity contribution in [3.8, 4) is 11.1 Å². The highest BCUT2D eigenvalue weighted by molar-refractivity contribution is 7.17. The smallest absolute Gasteiger partial charge is 0.138 e. The summed E-state index contributed by atoms with van der Waals surface area (Å²) in [6, 6.07) is 6.96. The number of morpholine rings is 1. The minimum Gasteiger partial charge on any atom is -0.381 e. The maximum Gasteiger partial charge on any atom is 0.138 e. The Hall–Kier alpha value is -2.13. The quantitative estimate of drug-likeness (QED) is 0.647. The SMILES string of the molecule is Fc1ccc(-c2csc3ncnc(NC[C@H]([C@@H]4CCOC4)N4CCOCC4)c23)cc1. The van der Waals surface area contributed by atoms with Crippen molar-refractivity contribution in [3.05, 3.63) is 41.8 Å². The minimum absolute atomic E-state index is 0.236. The van der Waals surface area contributed by atoms with Crippen LogP contribution in [0.4, 0.5) is 10.2 Å². The summed E-state index contributed by atoms with van der Waals surface area (Å²) in [5, 5.41) is 6.68. The molecule has 0 aliphatic carbocycles. The van der Waals surface area contributed by atoms with Crippen LogP contribution in [0.5, 0.6) is 0 Å². The summed E-state index contributed by atoms with van der Waals surface area (Å²) < 4.78 is 24.6. The van der Waals surface area contributed by atoms with Crippen molar-refractivity contribution in [3.63, 3.8) is 0 Å². The number of hydrogen-bond acceptors (Lipinski definition) is 7. The number of benzene rings is 1. The Kier molecular flexibility index (Phi) is 5.90. The van der Waals surface area contributed by atoms with Gasteiger partial charge in [0.2, 0.25) is 0 Å². The van der Waals surface area contributed by atoms with Crippen LogP contribution in [0.15, 0.2) is 36.0 Å². The molecule has 0 amide bonds. The average Bonchev–Trinajstić information content (AvgIpc) is 3.46. The molecule has 30 heavy (non-hydrogen) atoms. The molecule has 3 aromatic rings. The topological polar surface area (TPSA) is 59.5 Å². The molecule has 0 radical (unpaired) electrons. The lowest BCUT2D eigenvalue weighted by molar-refractivity contribution is 0.00460. The second-order valence-corrected chi connectivity index (χ2v) is 8.64. The summed E-state index contributed by atoms with van der Waals surface area (Å²) >= 11 is 1.58. The summed E-state index contributed by atoms with van der Waals surface area (Å²) in [6.07, 6.45) is 2.69. The standard InChI is InChI=1S/C22H25FN4O2S/c23-17-3-1-15(2-4-17)18-13-30-22-20(18)21(25-14-26-22)24-11-19(16-5-8-29-12-16)27-6-9-28-10-7-27/h1-4,13-14,16,19H,5-12H2,(H,24,25,26)/t16-,19-/m1/s1. The first-order chi connectivity index (χ1) is 14.8. The third-order valence-electron chi connectivity index (χ3n) is 6.03. The number of rotatable bonds is 6. The summed E-state index contributed by atoms with van der Waals surface area (Å²) in [6.45, 7) is 5.88. The van der Waals surface area contributed by atoms with Crippen molar-refractivity contribution >= 4 is 27.4 Å². The molecule has 2 fully saturated rings. The molecule has 5 rings (SSSR count). The number of anilines is 1. The van der Waals surface area contributed by atoms with E-state index in [1.165, 1.54) is 12.1 Å². The molecule has 1 N–H and O–H groups in total. The minimum atomic E-state index is -0.236. The van der Waals surface area contributed by atoms with Gasteiger partial charge in [0, 0.05) is 49.1 Å². The number of nitrogens with one attached hydrogen (secondary N) is 1. The molecule has 0 unspecified atom stereocenters. The predicted molar refractivity (Wildman–Crippen MR) is 116 cm³/mol. The maximum absolute atomic E-state index is 13.4. The fraction of sp³-hybridized carbons (Fsp3) is 0.455. The van der Waals surface area contributed by atoms with Crippen LogP contribution in [0.2, 0.25) is 0 Å². The number of ether oxygens (including phenoxy) is 2. The van der Waals surface area contributed by atoms with Crippen molar-refractivity contribution in [1.29, 1.82) is 0 Å². The predicted octanol–water partition coefficient (Wildman–Crippen LogP) is 3.65. The Morgan fingerprint density at radius 2 is 1.97 bits per heavy atom.